The molecule has 0 spiro atoms. The van der Waals surface area contributed by atoms with Gasteiger partial charge in [0.1, 0.15) is 12.7 Å². The van der Waals surface area contributed by atoms with Gasteiger partial charge in [0.15, 0.2) is 29.1 Å². The fourth-order valence-electron chi connectivity index (χ4n) is 6.20. The summed E-state index contributed by atoms with van der Waals surface area (Å²) >= 11 is 0. The summed E-state index contributed by atoms with van der Waals surface area (Å²) in [5.41, 5.74) is 2.72. The van der Waals surface area contributed by atoms with E-state index in [-0.39, 0.29) is 43.5 Å². The molecule has 0 fully saturated rings. The van der Waals surface area contributed by atoms with Crippen LogP contribution in [0.1, 0.15) is 58.2 Å². The first-order valence-corrected chi connectivity index (χ1v) is 18.0. The lowest BCUT2D eigenvalue weighted by Gasteiger charge is -2.31. The number of ether oxygens (including phenoxy) is 9. The van der Waals surface area contributed by atoms with E-state index >= 15 is 0 Å². The van der Waals surface area contributed by atoms with Crippen molar-refractivity contribution in [3.8, 4) is 23.0 Å². The first kappa shape index (κ1) is 45.4. The van der Waals surface area contributed by atoms with E-state index in [0.717, 1.165) is 5.56 Å². The number of methoxy groups -OCH3 is 3. The summed E-state index contributed by atoms with van der Waals surface area (Å²) in [6.07, 6.45) is 5.52. The Morgan fingerprint density at radius 2 is 1.23 bits per heavy atom. The molecular formula is C42H50O15. The van der Waals surface area contributed by atoms with Crippen molar-refractivity contribution in [3.05, 3.63) is 76.9 Å². The highest BCUT2D eigenvalue weighted by Crippen LogP contribution is 2.43. The van der Waals surface area contributed by atoms with Crippen molar-refractivity contribution in [2.24, 2.45) is 11.8 Å². The van der Waals surface area contributed by atoms with E-state index in [1.807, 2.05) is 0 Å². The van der Waals surface area contributed by atoms with E-state index in [9.17, 15) is 28.8 Å². The van der Waals surface area contributed by atoms with Crippen LogP contribution in [-0.2, 0) is 65.3 Å². The van der Waals surface area contributed by atoms with Crippen LogP contribution in [0.2, 0.25) is 0 Å². The summed E-state index contributed by atoms with van der Waals surface area (Å²) in [4.78, 5) is 72.3. The molecule has 15 nitrogen and oxygen atoms in total. The highest BCUT2D eigenvalue weighted by Gasteiger charge is 2.35. The van der Waals surface area contributed by atoms with Gasteiger partial charge in [-0.15, -0.1) is 0 Å². The maximum Gasteiger partial charge on any atom is 0.308 e. The van der Waals surface area contributed by atoms with Crippen molar-refractivity contribution < 1.29 is 71.4 Å². The van der Waals surface area contributed by atoms with Crippen molar-refractivity contribution in [1.29, 1.82) is 0 Å². The smallest absolute Gasteiger partial charge is 0.308 e. The molecule has 0 N–H and O–H groups in total. The van der Waals surface area contributed by atoms with E-state index in [1.165, 1.54) is 62.9 Å². The Balaban J connectivity index is 2.24. The minimum atomic E-state index is -1.01. The standard InChI is InChI=1S/C42H50O15/c1-24(43)52-14-10-11-30-17-35(41(56-28(5)47)39(20-30)50-8)36-18-32(21-40(51-9)42(36)57-29(6)48)16-34(23-54-26(3)45)33(22-53-25(2)44)15-31-12-13-37(55-27(4)46)38(19-31)49-7/h10-13,17-21,33-34,39,41H,14-16,22-23H2,1-9H3/t33-,34+,39-,41+/m0/s1. The van der Waals surface area contributed by atoms with Gasteiger partial charge in [0.2, 0.25) is 0 Å². The Hall–Kier alpha value is -5.96. The van der Waals surface area contributed by atoms with E-state index in [4.69, 9.17) is 42.6 Å². The molecule has 1 aliphatic rings. The summed E-state index contributed by atoms with van der Waals surface area (Å²) < 4.78 is 49.9. The predicted molar refractivity (Wildman–Crippen MR) is 204 cm³/mol. The maximum absolute atomic E-state index is 12.5. The molecule has 0 aliphatic heterocycles. The molecular weight excluding hydrogens is 744 g/mol. The van der Waals surface area contributed by atoms with Gasteiger partial charge in [-0.1, -0.05) is 12.1 Å². The van der Waals surface area contributed by atoms with Gasteiger partial charge in [-0.3, -0.25) is 28.8 Å². The molecule has 0 bridgehead atoms. The first-order valence-electron chi connectivity index (χ1n) is 18.0. The summed E-state index contributed by atoms with van der Waals surface area (Å²) in [6, 6.07) is 8.49. The van der Waals surface area contributed by atoms with Crippen LogP contribution >= 0.6 is 0 Å². The highest BCUT2D eigenvalue weighted by molar-refractivity contribution is 5.84. The van der Waals surface area contributed by atoms with E-state index in [0.29, 0.717) is 34.4 Å². The number of carbonyl (C=O) groups excluding carboxylic acids is 6. The highest BCUT2D eigenvalue weighted by atomic mass is 16.6. The third-order valence-corrected chi connectivity index (χ3v) is 8.58. The van der Waals surface area contributed by atoms with Crippen LogP contribution in [0.25, 0.3) is 5.57 Å². The number of hydrogen-bond donors (Lipinski definition) is 0. The first-order chi connectivity index (χ1) is 27.0. The van der Waals surface area contributed by atoms with Crippen molar-refractivity contribution in [2.75, 3.05) is 41.2 Å². The summed E-state index contributed by atoms with van der Waals surface area (Å²) in [5.74, 6) is -3.42. The number of esters is 6. The van der Waals surface area contributed by atoms with Gasteiger partial charge >= 0.3 is 35.8 Å². The molecule has 0 amide bonds. The third kappa shape index (κ3) is 14.2. The lowest BCUT2D eigenvalue weighted by atomic mass is 9.82. The van der Waals surface area contributed by atoms with Crippen molar-refractivity contribution in [1.82, 2.24) is 0 Å². The van der Waals surface area contributed by atoms with E-state index < -0.39 is 59.9 Å². The lowest BCUT2D eigenvalue weighted by Crippen LogP contribution is -2.34. The van der Waals surface area contributed by atoms with Gasteiger partial charge in [-0.05, 0) is 72.0 Å². The molecule has 15 heteroatoms. The Morgan fingerprint density at radius 1 is 0.649 bits per heavy atom. The number of benzene rings is 2. The Labute approximate surface area is 331 Å². The van der Waals surface area contributed by atoms with Gasteiger partial charge < -0.3 is 42.6 Å². The molecule has 1 aliphatic carbocycles. The van der Waals surface area contributed by atoms with Crippen molar-refractivity contribution >= 4 is 41.4 Å². The van der Waals surface area contributed by atoms with Crippen molar-refractivity contribution in [2.45, 2.75) is 66.6 Å². The third-order valence-electron chi connectivity index (χ3n) is 8.58. The average Bonchev–Trinajstić information content (AvgIpc) is 3.14. The summed E-state index contributed by atoms with van der Waals surface area (Å²) in [5, 5.41) is 0. The van der Waals surface area contributed by atoms with Gasteiger partial charge in [0, 0.05) is 71.6 Å². The Morgan fingerprint density at radius 3 is 1.75 bits per heavy atom. The van der Waals surface area contributed by atoms with Crippen LogP contribution in [0, 0.1) is 11.8 Å². The number of carbonyl (C=O) groups is 6. The minimum Gasteiger partial charge on any atom is -0.493 e. The molecule has 308 valence electrons. The topological polar surface area (TPSA) is 185 Å². The van der Waals surface area contributed by atoms with Crippen LogP contribution < -0.4 is 18.9 Å². The zero-order valence-electron chi connectivity index (χ0n) is 33.7. The lowest BCUT2D eigenvalue weighted by molar-refractivity contribution is -0.148. The largest absolute Gasteiger partial charge is 0.493 e. The number of allylic oxidation sites excluding steroid dienone is 3. The second-order valence-electron chi connectivity index (χ2n) is 13.1. The van der Waals surface area contributed by atoms with Crippen LogP contribution in [-0.4, -0.2) is 89.2 Å². The molecule has 0 radical (unpaired) electrons. The monoisotopic (exact) mass is 794 g/mol. The van der Waals surface area contributed by atoms with Crippen LogP contribution in [0.5, 0.6) is 23.0 Å². The second kappa shape index (κ2) is 22.0. The van der Waals surface area contributed by atoms with Gasteiger partial charge in [0.05, 0.1) is 27.4 Å². The quantitative estimate of drug-likeness (QED) is 0.104. The molecule has 3 rings (SSSR count). The van der Waals surface area contributed by atoms with Crippen molar-refractivity contribution in [3.63, 3.8) is 0 Å². The van der Waals surface area contributed by atoms with E-state index in [1.54, 1.807) is 54.6 Å². The Bertz CT molecular complexity index is 1890. The van der Waals surface area contributed by atoms with Gasteiger partial charge in [0.25, 0.3) is 0 Å². The van der Waals surface area contributed by atoms with E-state index in [2.05, 4.69) is 0 Å². The number of hydrogen-bond acceptors (Lipinski definition) is 15. The fourth-order valence-corrected chi connectivity index (χ4v) is 6.20. The molecule has 0 unspecified atom stereocenters. The zero-order chi connectivity index (χ0) is 42.2. The molecule has 2 aromatic carbocycles. The molecule has 0 aromatic heterocycles. The SMILES string of the molecule is COc1cc(C[C@@H](COC(C)=O)[C@@H](COC(C)=O)Cc2cc(OC)c(OC(C)=O)c(C3=CC(C=CCOC(C)=O)=C[C@H](OC)[C@@H]3OC(C)=O)c2)ccc1OC(C)=O. The molecule has 0 saturated carbocycles. The number of rotatable bonds is 19. The summed E-state index contributed by atoms with van der Waals surface area (Å²) in [6.45, 7) is 7.53. The Kier molecular flexibility index (Phi) is 17.5. The molecule has 0 heterocycles. The normalized spacial score (nSPS) is 15.9. The minimum absolute atomic E-state index is 0.00419. The van der Waals surface area contributed by atoms with Gasteiger partial charge in [-0.2, -0.15) is 0 Å². The zero-order valence-corrected chi connectivity index (χ0v) is 33.7. The fraction of sp³-hybridized carbons (Fsp3) is 0.429. The molecule has 4 atom stereocenters. The average molecular weight is 795 g/mol. The van der Waals surface area contributed by atoms with Crippen LogP contribution in [0.4, 0.5) is 0 Å². The molecule has 0 saturated heterocycles. The van der Waals surface area contributed by atoms with Gasteiger partial charge in [-0.25, -0.2) is 0 Å². The second-order valence-corrected chi connectivity index (χ2v) is 13.1. The van der Waals surface area contributed by atoms with Crippen LogP contribution in [0.3, 0.4) is 0 Å². The molecule has 2 aromatic rings. The predicted octanol–water partition coefficient (Wildman–Crippen LogP) is 5.09. The van der Waals surface area contributed by atoms with Crippen LogP contribution in [0.15, 0.2) is 60.2 Å². The maximum atomic E-state index is 12.5. The summed E-state index contributed by atoms with van der Waals surface area (Å²) in [7, 11) is 4.30. The molecule has 57 heavy (non-hydrogen) atoms.